The lowest BCUT2D eigenvalue weighted by atomic mass is 10.0. The third kappa shape index (κ3) is 40.4. The van der Waals surface area contributed by atoms with Crippen molar-refractivity contribution in [1.82, 2.24) is 5.32 Å². The molecule has 0 aromatic rings. The maximum absolute atomic E-state index is 12.8. The third-order valence-electron chi connectivity index (χ3n) is 9.82. The topological polar surface area (TPSA) is 131 Å². The summed E-state index contributed by atoms with van der Waals surface area (Å²) in [7, 11) is -4.35. The minimum atomic E-state index is -4.35. The first-order valence-electron chi connectivity index (χ1n) is 22.9. The summed E-state index contributed by atoms with van der Waals surface area (Å²) in [6.07, 6.45) is 54.1. The lowest BCUT2D eigenvalue weighted by Gasteiger charge is -2.23. The van der Waals surface area contributed by atoms with E-state index >= 15 is 0 Å². The Morgan fingerprint density at radius 3 is 1.54 bits per heavy atom. The van der Waals surface area contributed by atoms with Crippen molar-refractivity contribution >= 4 is 13.7 Å². The maximum atomic E-state index is 12.8. The van der Waals surface area contributed by atoms with Crippen LogP contribution in [0.25, 0.3) is 0 Å². The van der Waals surface area contributed by atoms with Crippen LogP contribution >= 0.6 is 7.82 Å². The van der Waals surface area contributed by atoms with Gasteiger partial charge >= 0.3 is 7.82 Å². The van der Waals surface area contributed by atoms with Gasteiger partial charge < -0.3 is 21.1 Å². The average molecular weight is 807 g/mol. The molecule has 0 aliphatic carbocycles. The molecule has 0 rings (SSSR count). The summed E-state index contributed by atoms with van der Waals surface area (Å²) >= 11 is 0. The minimum Gasteiger partial charge on any atom is -0.387 e. The molecule has 5 N–H and O–H groups in total. The number of carbonyl (C=O) groups excluding carboxylic acids is 1. The highest BCUT2D eigenvalue weighted by molar-refractivity contribution is 7.47. The number of hydrogen-bond acceptors (Lipinski definition) is 6. The number of unbranched alkanes of at least 4 members (excludes halogenated alkanes) is 22. The first-order chi connectivity index (χ1) is 27.4. The smallest absolute Gasteiger partial charge is 0.387 e. The number of hydrogen-bond donors (Lipinski definition) is 4. The minimum absolute atomic E-state index is 0.0693. The number of nitrogens with one attached hydrogen (secondary N) is 1. The van der Waals surface area contributed by atoms with E-state index in [4.69, 9.17) is 14.8 Å². The Hall–Kier alpha value is -1.80. The van der Waals surface area contributed by atoms with Gasteiger partial charge in [-0.1, -0.05) is 184 Å². The van der Waals surface area contributed by atoms with Crippen molar-refractivity contribution in [2.75, 3.05) is 19.8 Å². The molecule has 0 fully saturated rings. The molecule has 0 spiro atoms. The normalized spacial score (nSPS) is 14.6. The molecule has 3 atom stereocenters. The first kappa shape index (κ1) is 54.2. The van der Waals surface area contributed by atoms with Crippen LogP contribution in [0.4, 0.5) is 0 Å². The molecule has 326 valence electrons. The van der Waals surface area contributed by atoms with Gasteiger partial charge in [0.1, 0.15) is 0 Å². The monoisotopic (exact) mass is 807 g/mol. The van der Waals surface area contributed by atoms with Crippen LogP contribution in [0.2, 0.25) is 0 Å². The number of aliphatic hydroxyl groups excluding tert-OH is 1. The van der Waals surface area contributed by atoms with Crippen LogP contribution in [0.1, 0.15) is 200 Å². The SMILES string of the molecule is CCCCC/C=C\C/C=C\C/C=C\CCCCCCCCC(=O)NC(COP(=O)(O)OCCN)C(O)/C=C/CC/C=C/CCCCCCCCCCCCCC. The van der Waals surface area contributed by atoms with E-state index < -0.39 is 20.0 Å². The predicted octanol–water partition coefficient (Wildman–Crippen LogP) is 13.1. The molecule has 0 saturated carbocycles. The number of amides is 1. The lowest BCUT2D eigenvalue weighted by Crippen LogP contribution is -2.45. The predicted molar refractivity (Wildman–Crippen MR) is 240 cm³/mol. The Morgan fingerprint density at radius 1 is 0.589 bits per heavy atom. The largest absolute Gasteiger partial charge is 0.472 e. The van der Waals surface area contributed by atoms with E-state index in [1.165, 1.54) is 116 Å². The van der Waals surface area contributed by atoms with E-state index in [1.807, 2.05) is 6.08 Å². The van der Waals surface area contributed by atoms with Gasteiger partial charge in [0.15, 0.2) is 0 Å². The molecule has 1 amide bonds. The van der Waals surface area contributed by atoms with Crippen LogP contribution < -0.4 is 11.1 Å². The molecule has 56 heavy (non-hydrogen) atoms. The fourth-order valence-corrected chi connectivity index (χ4v) is 7.09. The van der Waals surface area contributed by atoms with Crippen LogP contribution in [0.5, 0.6) is 0 Å². The summed E-state index contributed by atoms with van der Waals surface area (Å²) in [4.78, 5) is 22.7. The molecule has 0 aliphatic heterocycles. The number of aliphatic hydroxyl groups is 1. The summed E-state index contributed by atoms with van der Waals surface area (Å²) in [6.45, 7) is 4.08. The van der Waals surface area contributed by atoms with Gasteiger partial charge in [-0.05, 0) is 70.6 Å². The second kappa shape index (κ2) is 42.8. The fraction of sp³-hybridized carbons (Fsp3) is 0.766. The van der Waals surface area contributed by atoms with Gasteiger partial charge in [0.25, 0.3) is 0 Å². The van der Waals surface area contributed by atoms with E-state index in [1.54, 1.807) is 6.08 Å². The standard InChI is InChI=1S/C47H87N2O6P/c1-3-5-7-9-11-13-15-17-19-21-23-25-27-29-31-33-35-37-39-41-47(51)49-45(44-55-56(52,53)54-43-42-48)46(50)40-38-36-34-32-30-28-26-24-22-20-18-16-14-12-10-8-6-4-2/h11,13,17,19,23,25,30,32,38,40,45-46,50H,3-10,12,14-16,18,20-22,24,26-29,31,33-37,39,41-44,48H2,1-2H3,(H,49,51)(H,52,53)/b13-11-,19-17-,25-23-,32-30+,40-38+. The van der Waals surface area contributed by atoms with Gasteiger partial charge in [0.05, 0.1) is 25.4 Å². The quantitative estimate of drug-likeness (QED) is 0.0274. The van der Waals surface area contributed by atoms with Crippen molar-refractivity contribution in [2.45, 2.75) is 212 Å². The van der Waals surface area contributed by atoms with Crippen LogP contribution in [-0.2, 0) is 18.4 Å². The van der Waals surface area contributed by atoms with Crippen molar-refractivity contribution in [3.05, 3.63) is 60.8 Å². The Labute approximate surface area is 344 Å². The number of phosphoric ester groups is 1. The summed E-state index contributed by atoms with van der Waals surface area (Å²) in [5.74, 6) is -0.218. The highest BCUT2D eigenvalue weighted by Gasteiger charge is 2.26. The van der Waals surface area contributed by atoms with Crippen LogP contribution in [0.15, 0.2) is 60.8 Å². The van der Waals surface area contributed by atoms with E-state index in [0.717, 1.165) is 64.2 Å². The second-order valence-corrected chi connectivity index (χ2v) is 16.7. The number of nitrogens with two attached hydrogens (primary N) is 1. The fourth-order valence-electron chi connectivity index (χ4n) is 6.33. The van der Waals surface area contributed by atoms with Crippen LogP contribution in [0, 0.1) is 0 Å². The van der Waals surface area contributed by atoms with Crippen molar-refractivity contribution in [2.24, 2.45) is 5.73 Å². The number of phosphoric acid groups is 1. The van der Waals surface area contributed by atoms with Gasteiger partial charge in [-0.2, -0.15) is 0 Å². The molecule has 0 radical (unpaired) electrons. The van der Waals surface area contributed by atoms with Crippen molar-refractivity contribution in [1.29, 1.82) is 0 Å². The Balaban J connectivity index is 4.27. The first-order valence-corrected chi connectivity index (χ1v) is 24.4. The Kier molecular flexibility index (Phi) is 41.4. The van der Waals surface area contributed by atoms with E-state index in [2.05, 4.69) is 67.8 Å². The average Bonchev–Trinajstić information content (AvgIpc) is 3.19. The molecular weight excluding hydrogens is 719 g/mol. The zero-order valence-electron chi connectivity index (χ0n) is 36.1. The summed E-state index contributed by atoms with van der Waals surface area (Å²) in [6, 6.07) is -0.886. The molecule has 0 aromatic carbocycles. The number of carbonyl (C=O) groups is 1. The molecular formula is C47H87N2O6P. The lowest BCUT2D eigenvalue weighted by molar-refractivity contribution is -0.123. The van der Waals surface area contributed by atoms with Gasteiger partial charge in [0.2, 0.25) is 5.91 Å². The van der Waals surface area contributed by atoms with Gasteiger partial charge in [-0.3, -0.25) is 13.8 Å². The van der Waals surface area contributed by atoms with Crippen molar-refractivity contribution < 1.29 is 28.4 Å². The Morgan fingerprint density at radius 2 is 1.00 bits per heavy atom. The number of rotatable bonds is 42. The molecule has 0 aromatic heterocycles. The van der Waals surface area contributed by atoms with Gasteiger partial charge in [-0.15, -0.1) is 0 Å². The molecule has 0 bridgehead atoms. The summed E-state index contributed by atoms with van der Waals surface area (Å²) < 4.78 is 22.1. The highest BCUT2D eigenvalue weighted by Crippen LogP contribution is 2.43. The summed E-state index contributed by atoms with van der Waals surface area (Å²) in [5.41, 5.74) is 5.38. The molecule has 0 aliphatic rings. The highest BCUT2D eigenvalue weighted by atomic mass is 31.2. The molecule has 0 saturated heterocycles. The maximum Gasteiger partial charge on any atom is 0.472 e. The number of allylic oxidation sites excluding steroid dienone is 9. The van der Waals surface area contributed by atoms with E-state index in [0.29, 0.717) is 6.42 Å². The van der Waals surface area contributed by atoms with Gasteiger partial charge in [-0.25, -0.2) is 4.57 Å². The van der Waals surface area contributed by atoms with Gasteiger partial charge in [0, 0.05) is 13.0 Å². The summed E-state index contributed by atoms with van der Waals surface area (Å²) in [5, 5.41) is 13.7. The van der Waals surface area contributed by atoms with Crippen LogP contribution in [-0.4, -0.2) is 47.8 Å². The molecule has 8 nitrogen and oxygen atoms in total. The second-order valence-electron chi connectivity index (χ2n) is 15.2. The third-order valence-corrected chi connectivity index (χ3v) is 10.8. The van der Waals surface area contributed by atoms with E-state index in [-0.39, 0.29) is 25.7 Å². The van der Waals surface area contributed by atoms with Crippen molar-refractivity contribution in [3.8, 4) is 0 Å². The Bertz CT molecular complexity index is 1060. The molecule has 3 unspecified atom stereocenters. The zero-order valence-corrected chi connectivity index (χ0v) is 37.0. The molecule has 9 heteroatoms. The van der Waals surface area contributed by atoms with E-state index in [9.17, 15) is 19.4 Å². The zero-order chi connectivity index (χ0) is 41.1. The van der Waals surface area contributed by atoms with Crippen LogP contribution in [0.3, 0.4) is 0 Å². The molecule has 0 heterocycles. The van der Waals surface area contributed by atoms with Crippen molar-refractivity contribution in [3.63, 3.8) is 0 Å².